The minimum absolute atomic E-state index is 0.217. The lowest BCUT2D eigenvalue weighted by molar-refractivity contribution is 0.0776. The number of alkyl halides is 1. The molecule has 2 unspecified atom stereocenters. The third-order valence-corrected chi connectivity index (χ3v) is 4.75. The molecule has 2 rings (SSSR count). The van der Waals surface area contributed by atoms with E-state index in [1.54, 1.807) is 0 Å². The topological polar surface area (TPSA) is 9.23 Å². The first-order valence-corrected chi connectivity index (χ1v) is 8.01. The van der Waals surface area contributed by atoms with Crippen LogP contribution in [0.2, 0.25) is 0 Å². The normalized spacial score (nSPS) is 20.1. The Hall–Kier alpha value is -0.530. The molecule has 0 radical (unpaired) electrons. The SMILES string of the molecule is CC(c1ccccc1)C(Cl)OCCC1CCCCC1. The Kier molecular flexibility index (Phi) is 6.19. The van der Waals surface area contributed by atoms with Crippen molar-refractivity contribution in [1.29, 1.82) is 0 Å². The summed E-state index contributed by atoms with van der Waals surface area (Å²) in [6.07, 6.45) is 8.14. The predicted octanol–water partition coefficient (Wildman–Crippen LogP) is 5.34. The Labute approximate surface area is 122 Å². The van der Waals surface area contributed by atoms with E-state index in [-0.39, 0.29) is 11.5 Å². The maximum Gasteiger partial charge on any atom is 0.137 e. The second kappa shape index (κ2) is 7.91. The first-order chi connectivity index (χ1) is 9.27. The zero-order valence-corrected chi connectivity index (χ0v) is 12.6. The molecule has 0 aliphatic heterocycles. The van der Waals surface area contributed by atoms with Crippen molar-refractivity contribution >= 4 is 11.6 Å². The van der Waals surface area contributed by atoms with E-state index in [9.17, 15) is 0 Å². The first-order valence-electron chi connectivity index (χ1n) is 7.58. The average Bonchev–Trinajstić information content (AvgIpc) is 2.48. The van der Waals surface area contributed by atoms with Crippen molar-refractivity contribution in [2.75, 3.05) is 6.61 Å². The lowest BCUT2D eigenvalue weighted by Crippen LogP contribution is -2.17. The van der Waals surface area contributed by atoms with E-state index < -0.39 is 0 Å². The highest BCUT2D eigenvalue weighted by Gasteiger charge is 2.18. The van der Waals surface area contributed by atoms with E-state index in [1.807, 2.05) is 6.07 Å². The fraction of sp³-hybridized carbons (Fsp3) is 0.647. The smallest absolute Gasteiger partial charge is 0.137 e. The molecule has 0 amide bonds. The standard InChI is InChI=1S/C17H25ClO/c1-14(16-10-6-3-7-11-16)17(18)19-13-12-15-8-4-2-5-9-15/h3,6-7,10-11,14-15,17H,2,4-5,8-9,12-13H2,1H3. The molecule has 0 spiro atoms. The molecule has 0 N–H and O–H groups in total. The van der Waals surface area contributed by atoms with Gasteiger partial charge in [0.2, 0.25) is 0 Å². The fourth-order valence-electron chi connectivity index (χ4n) is 2.88. The molecule has 2 atom stereocenters. The van der Waals surface area contributed by atoms with Gasteiger partial charge in [-0.05, 0) is 17.9 Å². The second-order valence-electron chi connectivity index (χ2n) is 5.71. The van der Waals surface area contributed by atoms with Crippen molar-refractivity contribution in [3.63, 3.8) is 0 Å². The van der Waals surface area contributed by atoms with Gasteiger partial charge in [-0.2, -0.15) is 0 Å². The van der Waals surface area contributed by atoms with E-state index >= 15 is 0 Å². The van der Waals surface area contributed by atoms with Crippen molar-refractivity contribution in [3.05, 3.63) is 35.9 Å². The van der Waals surface area contributed by atoms with Crippen LogP contribution in [0.5, 0.6) is 0 Å². The van der Waals surface area contributed by atoms with Crippen LogP contribution < -0.4 is 0 Å². The van der Waals surface area contributed by atoms with Gasteiger partial charge in [0.25, 0.3) is 0 Å². The van der Waals surface area contributed by atoms with Gasteiger partial charge in [-0.25, -0.2) is 0 Å². The van der Waals surface area contributed by atoms with Crippen LogP contribution in [-0.4, -0.2) is 12.2 Å². The largest absolute Gasteiger partial charge is 0.362 e. The Bertz CT molecular complexity index is 346. The van der Waals surface area contributed by atoms with Gasteiger partial charge in [-0.3, -0.25) is 0 Å². The lowest BCUT2D eigenvalue weighted by atomic mass is 9.87. The number of benzene rings is 1. The van der Waals surface area contributed by atoms with Gasteiger partial charge in [-0.15, -0.1) is 0 Å². The maximum atomic E-state index is 6.36. The van der Waals surface area contributed by atoms with Crippen molar-refractivity contribution in [2.45, 2.75) is 56.9 Å². The molecule has 1 aromatic rings. The molecule has 1 aliphatic carbocycles. The minimum atomic E-state index is -0.217. The molecule has 106 valence electrons. The summed E-state index contributed by atoms with van der Waals surface area (Å²) in [5, 5.41) is 0. The molecule has 19 heavy (non-hydrogen) atoms. The van der Waals surface area contributed by atoms with Gasteiger partial charge in [0.05, 0.1) is 0 Å². The van der Waals surface area contributed by atoms with Gasteiger partial charge in [0, 0.05) is 12.5 Å². The molecular weight excluding hydrogens is 256 g/mol. The van der Waals surface area contributed by atoms with Crippen LogP contribution in [0.25, 0.3) is 0 Å². The summed E-state index contributed by atoms with van der Waals surface area (Å²) < 4.78 is 5.83. The van der Waals surface area contributed by atoms with E-state index in [0.717, 1.165) is 12.5 Å². The monoisotopic (exact) mass is 280 g/mol. The summed E-state index contributed by atoms with van der Waals surface area (Å²) in [4.78, 5) is 0. The van der Waals surface area contributed by atoms with Gasteiger partial charge >= 0.3 is 0 Å². The van der Waals surface area contributed by atoms with Crippen LogP contribution in [-0.2, 0) is 4.74 Å². The van der Waals surface area contributed by atoms with E-state index in [4.69, 9.17) is 16.3 Å². The molecule has 1 aliphatic rings. The predicted molar refractivity (Wildman–Crippen MR) is 81.6 cm³/mol. The maximum absolute atomic E-state index is 6.36. The molecule has 1 aromatic carbocycles. The van der Waals surface area contributed by atoms with Gasteiger partial charge < -0.3 is 4.74 Å². The molecule has 0 bridgehead atoms. The van der Waals surface area contributed by atoms with Crippen LogP contribution in [0.3, 0.4) is 0 Å². The van der Waals surface area contributed by atoms with Crippen molar-refractivity contribution < 1.29 is 4.74 Å². The zero-order chi connectivity index (χ0) is 13.5. The lowest BCUT2D eigenvalue weighted by Gasteiger charge is -2.23. The van der Waals surface area contributed by atoms with Crippen molar-refractivity contribution in [1.82, 2.24) is 0 Å². The summed E-state index contributed by atoms with van der Waals surface area (Å²) in [6.45, 7) is 2.93. The van der Waals surface area contributed by atoms with Crippen LogP contribution in [0.1, 0.15) is 56.9 Å². The van der Waals surface area contributed by atoms with Crippen molar-refractivity contribution in [3.8, 4) is 0 Å². The molecule has 0 saturated heterocycles. The van der Waals surface area contributed by atoms with Crippen molar-refractivity contribution in [2.24, 2.45) is 5.92 Å². The third-order valence-electron chi connectivity index (χ3n) is 4.25. The number of halogens is 1. The zero-order valence-electron chi connectivity index (χ0n) is 11.9. The summed E-state index contributed by atoms with van der Waals surface area (Å²) in [7, 11) is 0. The van der Waals surface area contributed by atoms with Gasteiger partial charge in [-0.1, -0.05) is 81.0 Å². The Morgan fingerprint density at radius 3 is 2.53 bits per heavy atom. The van der Waals surface area contributed by atoms with E-state index in [2.05, 4.69) is 31.2 Å². The molecule has 1 saturated carbocycles. The molecule has 0 heterocycles. The third kappa shape index (κ3) is 4.81. The van der Waals surface area contributed by atoms with Crippen LogP contribution in [0, 0.1) is 5.92 Å². The highest BCUT2D eigenvalue weighted by atomic mass is 35.5. The quantitative estimate of drug-likeness (QED) is 0.639. The highest BCUT2D eigenvalue weighted by Crippen LogP contribution is 2.28. The van der Waals surface area contributed by atoms with E-state index in [0.29, 0.717) is 0 Å². The number of hydrogen-bond acceptors (Lipinski definition) is 1. The summed E-state index contributed by atoms with van der Waals surface area (Å²) in [5.74, 6) is 1.11. The van der Waals surface area contributed by atoms with Crippen LogP contribution in [0.4, 0.5) is 0 Å². The number of hydrogen-bond donors (Lipinski definition) is 0. The summed E-state index contributed by atoms with van der Waals surface area (Å²) in [5.41, 5.74) is 1.03. The first kappa shape index (κ1) is 14.9. The molecule has 1 fully saturated rings. The van der Waals surface area contributed by atoms with Gasteiger partial charge in [0.1, 0.15) is 5.56 Å². The molecular formula is C17H25ClO. The molecule has 1 nitrogen and oxygen atoms in total. The van der Waals surface area contributed by atoms with Crippen LogP contribution >= 0.6 is 11.6 Å². The highest BCUT2D eigenvalue weighted by molar-refractivity contribution is 6.20. The van der Waals surface area contributed by atoms with E-state index in [1.165, 1.54) is 44.1 Å². The van der Waals surface area contributed by atoms with Crippen LogP contribution in [0.15, 0.2) is 30.3 Å². The number of rotatable bonds is 6. The Morgan fingerprint density at radius 2 is 1.84 bits per heavy atom. The van der Waals surface area contributed by atoms with Gasteiger partial charge in [0.15, 0.2) is 0 Å². The summed E-state index contributed by atoms with van der Waals surface area (Å²) in [6, 6.07) is 10.4. The number of ether oxygens (including phenoxy) is 1. The molecule has 2 heteroatoms. The minimum Gasteiger partial charge on any atom is -0.362 e. The Morgan fingerprint density at radius 1 is 1.16 bits per heavy atom. The average molecular weight is 281 g/mol. The Balaban J connectivity index is 1.70. The summed E-state index contributed by atoms with van der Waals surface area (Å²) >= 11 is 6.36. The fourth-order valence-corrected chi connectivity index (χ4v) is 3.11. The second-order valence-corrected chi connectivity index (χ2v) is 6.14. The molecule has 0 aromatic heterocycles.